The van der Waals surface area contributed by atoms with E-state index in [0.29, 0.717) is 0 Å². The molecule has 0 radical (unpaired) electrons. The van der Waals surface area contributed by atoms with E-state index in [9.17, 15) is 9.18 Å². The van der Waals surface area contributed by atoms with E-state index in [1.54, 1.807) is 12.1 Å². The van der Waals surface area contributed by atoms with Gasteiger partial charge in [0.25, 0.3) is 5.91 Å². The number of aryl methyl sites for hydroxylation is 1. The van der Waals surface area contributed by atoms with Crippen molar-refractivity contribution in [1.29, 1.82) is 0 Å². The molecule has 1 aromatic heterocycles. The zero-order valence-corrected chi connectivity index (χ0v) is 15.6. The Kier molecular flexibility index (Phi) is 5.50. The number of halogens is 2. The van der Waals surface area contributed by atoms with E-state index in [-0.39, 0.29) is 17.2 Å². The van der Waals surface area contributed by atoms with Crippen LogP contribution < -0.4 is 5.43 Å². The number of nitrogens with one attached hydrogen (secondary N) is 1. The van der Waals surface area contributed by atoms with Gasteiger partial charge in [-0.05, 0) is 30.3 Å². The fourth-order valence-electron chi connectivity index (χ4n) is 2.20. The second-order valence-electron chi connectivity index (χ2n) is 5.19. The number of hydrazone groups is 1. The number of aromatic nitrogens is 2. The summed E-state index contributed by atoms with van der Waals surface area (Å²) in [6, 6.07) is 12.3. The third kappa shape index (κ3) is 4.26. The minimum atomic E-state index is -0.407. The summed E-state index contributed by atoms with van der Waals surface area (Å²) >= 11 is 4.58. The maximum Gasteiger partial charge on any atom is 0.250 e. The molecule has 3 aromatic rings. The number of thioether (sulfide) groups is 1. The lowest BCUT2D eigenvalue weighted by molar-refractivity contribution is -0.118. The number of hydrogen-bond acceptors (Lipinski definition) is 4. The number of carbonyl (C=O) groups excluding carboxylic acids is 1. The van der Waals surface area contributed by atoms with Gasteiger partial charge in [0.15, 0.2) is 5.16 Å². The third-order valence-corrected chi connectivity index (χ3v) is 4.95. The summed E-state index contributed by atoms with van der Waals surface area (Å²) in [4.78, 5) is 16.4. The number of nitrogens with zero attached hydrogens (tertiary/aromatic N) is 3. The van der Waals surface area contributed by atoms with Gasteiger partial charge in [-0.25, -0.2) is 14.8 Å². The van der Waals surface area contributed by atoms with E-state index in [1.165, 1.54) is 24.0 Å². The van der Waals surface area contributed by atoms with Crippen LogP contribution in [0.25, 0.3) is 11.0 Å². The Morgan fingerprint density at radius 1 is 1.40 bits per heavy atom. The van der Waals surface area contributed by atoms with Gasteiger partial charge in [-0.15, -0.1) is 0 Å². The van der Waals surface area contributed by atoms with Gasteiger partial charge in [0.2, 0.25) is 0 Å². The van der Waals surface area contributed by atoms with E-state index in [4.69, 9.17) is 0 Å². The molecule has 25 heavy (non-hydrogen) atoms. The number of hydrogen-bond donors (Lipinski definition) is 1. The fourth-order valence-corrected chi connectivity index (χ4v) is 3.36. The first kappa shape index (κ1) is 17.6. The molecule has 0 fully saturated rings. The standard InChI is InChI=1S/C17H14BrFN4OS/c1-23-15-5-3-2-4-14(15)21-17(23)25-10-16(24)22-20-9-11-8-12(18)6-7-13(11)19/h2-9H,10H2,1H3,(H,22,24). The number of para-hydroxylation sites is 2. The molecular weight excluding hydrogens is 407 g/mol. The monoisotopic (exact) mass is 420 g/mol. The Morgan fingerprint density at radius 2 is 2.20 bits per heavy atom. The average molecular weight is 421 g/mol. The molecule has 1 amide bonds. The highest BCUT2D eigenvalue weighted by atomic mass is 79.9. The van der Waals surface area contributed by atoms with Crippen molar-refractivity contribution >= 4 is 50.8 Å². The first-order chi connectivity index (χ1) is 12.0. The van der Waals surface area contributed by atoms with Gasteiger partial charge in [0.05, 0.1) is 23.0 Å². The second kappa shape index (κ2) is 7.79. The number of carbonyl (C=O) groups is 1. The van der Waals surface area contributed by atoms with Gasteiger partial charge in [-0.1, -0.05) is 39.8 Å². The van der Waals surface area contributed by atoms with E-state index in [1.807, 2.05) is 35.9 Å². The Balaban J connectivity index is 1.58. The normalized spacial score (nSPS) is 11.3. The van der Waals surface area contributed by atoms with Crippen molar-refractivity contribution in [2.24, 2.45) is 12.1 Å². The van der Waals surface area contributed by atoms with Crippen molar-refractivity contribution in [2.75, 3.05) is 5.75 Å². The lowest BCUT2D eigenvalue weighted by atomic mass is 10.2. The lowest BCUT2D eigenvalue weighted by Crippen LogP contribution is -2.20. The highest BCUT2D eigenvalue weighted by Gasteiger charge is 2.10. The molecule has 0 spiro atoms. The van der Waals surface area contributed by atoms with Crippen LogP contribution in [0, 0.1) is 5.82 Å². The minimum absolute atomic E-state index is 0.162. The number of benzene rings is 2. The summed E-state index contributed by atoms with van der Waals surface area (Å²) in [6.07, 6.45) is 1.28. The van der Waals surface area contributed by atoms with Gasteiger partial charge in [0.1, 0.15) is 5.82 Å². The molecular formula is C17H14BrFN4OS. The van der Waals surface area contributed by atoms with Gasteiger partial charge in [-0.3, -0.25) is 4.79 Å². The van der Waals surface area contributed by atoms with Crippen molar-refractivity contribution in [2.45, 2.75) is 5.16 Å². The number of imidazole rings is 1. The predicted octanol–water partition coefficient (Wildman–Crippen LogP) is 3.72. The van der Waals surface area contributed by atoms with E-state index < -0.39 is 5.82 Å². The van der Waals surface area contributed by atoms with Crippen LogP contribution in [-0.2, 0) is 11.8 Å². The molecule has 1 N–H and O–H groups in total. The Morgan fingerprint density at radius 3 is 3.00 bits per heavy atom. The van der Waals surface area contributed by atoms with Gasteiger partial charge >= 0.3 is 0 Å². The van der Waals surface area contributed by atoms with Gasteiger partial charge < -0.3 is 4.57 Å². The van der Waals surface area contributed by atoms with Crippen molar-refractivity contribution in [1.82, 2.24) is 15.0 Å². The quantitative estimate of drug-likeness (QED) is 0.388. The van der Waals surface area contributed by atoms with Crippen molar-refractivity contribution in [3.8, 4) is 0 Å². The highest BCUT2D eigenvalue weighted by Crippen LogP contribution is 2.22. The van der Waals surface area contributed by atoms with Crippen molar-refractivity contribution in [3.05, 3.63) is 58.3 Å². The fraction of sp³-hybridized carbons (Fsp3) is 0.118. The topological polar surface area (TPSA) is 59.3 Å². The molecule has 0 unspecified atom stereocenters. The zero-order chi connectivity index (χ0) is 17.8. The molecule has 0 aliphatic heterocycles. The minimum Gasteiger partial charge on any atom is -0.322 e. The molecule has 128 valence electrons. The maximum absolute atomic E-state index is 13.6. The molecule has 5 nitrogen and oxygen atoms in total. The molecule has 8 heteroatoms. The maximum atomic E-state index is 13.6. The Hall–Kier alpha value is -2.19. The Labute approximate surface area is 156 Å². The lowest BCUT2D eigenvalue weighted by Gasteiger charge is -2.02. The Bertz CT molecular complexity index is 957. The molecule has 0 bridgehead atoms. The second-order valence-corrected chi connectivity index (χ2v) is 7.05. The SMILES string of the molecule is Cn1c(SCC(=O)NN=Cc2cc(Br)ccc2F)nc2ccccc21. The number of rotatable bonds is 5. The molecule has 2 aromatic carbocycles. The van der Waals surface area contributed by atoms with E-state index in [2.05, 4.69) is 31.4 Å². The molecule has 0 saturated carbocycles. The van der Waals surface area contributed by atoms with Crippen LogP contribution in [0.1, 0.15) is 5.56 Å². The predicted molar refractivity (Wildman–Crippen MR) is 101 cm³/mol. The third-order valence-electron chi connectivity index (χ3n) is 3.43. The zero-order valence-electron chi connectivity index (χ0n) is 13.2. The van der Waals surface area contributed by atoms with Gasteiger partial charge in [-0.2, -0.15) is 5.10 Å². The summed E-state index contributed by atoms with van der Waals surface area (Å²) in [5, 5.41) is 4.54. The summed E-state index contributed by atoms with van der Waals surface area (Å²) in [5.41, 5.74) is 4.57. The smallest absolute Gasteiger partial charge is 0.250 e. The first-order valence-corrected chi connectivity index (χ1v) is 9.13. The molecule has 3 rings (SSSR count). The van der Waals surface area contributed by atoms with Crippen LogP contribution in [-0.4, -0.2) is 27.4 Å². The first-order valence-electron chi connectivity index (χ1n) is 7.36. The molecule has 1 heterocycles. The summed E-state index contributed by atoms with van der Waals surface area (Å²) in [6.45, 7) is 0. The molecule has 0 aliphatic carbocycles. The number of amides is 1. The van der Waals surface area contributed by atoms with Crippen LogP contribution in [0.2, 0.25) is 0 Å². The van der Waals surface area contributed by atoms with E-state index >= 15 is 0 Å². The van der Waals surface area contributed by atoms with Crippen molar-refractivity contribution in [3.63, 3.8) is 0 Å². The largest absolute Gasteiger partial charge is 0.322 e. The average Bonchev–Trinajstić information content (AvgIpc) is 2.92. The van der Waals surface area contributed by atoms with Crippen LogP contribution in [0.5, 0.6) is 0 Å². The molecule has 0 saturated heterocycles. The van der Waals surface area contributed by atoms with Crippen LogP contribution >= 0.6 is 27.7 Å². The molecule has 0 aliphatic rings. The van der Waals surface area contributed by atoms with Crippen molar-refractivity contribution < 1.29 is 9.18 Å². The summed E-state index contributed by atoms with van der Waals surface area (Å²) in [5.74, 6) is -0.533. The number of fused-ring (bicyclic) bond motifs is 1. The summed E-state index contributed by atoms with van der Waals surface area (Å²) < 4.78 is 16.2. The molecule has 0 atom stereocenters. The van der Waals surface area contributed by atoms with Crippen LogP contribution in [0.3, 0.4) is 0 Å². The summed E-state index contributed by atoms with van der Waals surface area (Å²) in [7, 11) is 1.91. The van der Waals surface area contributed by atoms with Crippen LogP contribution in [0.4, 0.5) is 4.39 Å². The van der Waals surface area contributed by atoms with Gasteiger partial charge in [0, 0.05) is 17.1 Å². The van der Waals surface area contributed by atoms with Crippen LogP contribution in [0.15, 0.2) is 57.2 Å². The van der Waals surface area contributed by atoms with E-state index in [0.717, 1.165) is 20.7 Å². The highest BCUT2D eigenvalue weighted by molar-refractivity contribution is 9.10.